The fourth-order valence-corrected chi connectivity index (χ4v) is 0.950. The minimum atomic E-state index is 0. The van der Waals surface area contributed by atoms with E-state index >= 15 is 0 Å². The van der Waals surface area contributed by atoms with Crippen molar-refractivity contribution in [1.29, 1.82) is 0 Å². The monoisotopic (exact) mass is 145 g/mol. The van der Waals surface area contributed by atoms with E-state index in [9.17, 15) is 0 Å². The Labute approximate surface area is 66.4 Å². The molecule has 0 N–H and O–H groups in total. The summed E-state index contributed by atoms with van der Waals surface area (Å²) in [6.45, 7) is 7.89. The Morgan fingerprint density at radius 2 is 1.80 bits per heavy atom. The fraction of sp³-hybridized carbons (Fsp3) is 1.00. The molecule has 0 saturated heterocycles. The lowest BCUT2D eigenvalue weighted by molar-refractivity contribution is 0.257. The molecule has 0 bridgehead atoms. The van der Waals surface area contributed by atoms with Gasteiger partial charge in [-0.3, -0.25) is 0 Å². The van der Waals surface area contributed by atoms with Crippen LogP contribution in [-0.2, 0) is 0 Å². The maximum Gasteiger partial charge on any atom is 0.00636 e. The summed E-state index contributed by atoms with van der Waals surface area (Å²) in [5, 5.41) is 0. The van der Waals surface area contributed by atoms with E-state index in [4.69, 9.17) is 0 Å². The van der Waals surface area contributed by atoms with E-state index in [-0.39, 0.29) is 7.43 Å². The number of hydrogen-bond acceptors (Lipinski definition) is 1. The van der Waals surface area contributed by atoms with Gasteiger partial charge in [0.1, 0.15) is 0 Å². The molecule has 0 aromatic rings. The average molecular weight is 145 g/mol. The molecule has 0 rings (SSSR count). The highest BCUT2D eigenvalue weighted by Gasteiger charge is 2.03. The Morgan fingerprint density at radius 3 is 2.10 bits per heavy atom. The molecule has 0 spiro atoms. The first-order chi connectivity index (χ1) is 4.22. The molecule has 0 heterocycles. The van der Waals surface area contributed by atoms with E-state index in [1.807, 2.05) is 0 Å². The van der Waals surface area contributed by atoms with E-state index < -0.39 is 0 Å². The second-order valence-electron chi connectivity index (χ2n) is 2.71. The van der Waals surface area contributed by atoms with Gasteiger partial charge in [0.05, 0.1) is 0 Å². The fourth-order valence-electron chi connectivity index (χ4n) is 0.950. The Morgan fingerprint density at radius 1 is 1.30 bits per heavy atom. The summed E-state index contributed by atoms with van der Waals surface area (Å²) in [5.41, 5.74) is 0. The Kier molecular flexibility index (Phi) is 8.92. The van der Waals surface area contributed by atoms with Crippen molar-refractivity contribution in [1.82, 2.24) is 4.90 Å². The maximum absolute atomic E-state index is 2.38. The summed E-state index contributed by atoms with van der Waals surface area (Å²) >= 11 is 0. The summed E-state index contributed by atoms with van der Waals surface area (Å²) < 4.78 is 0. The van der Waals surface area contributed by atoms with Crippen molar-refractivity contribution >= 4 is 0 Å². The van der Waals surface area contributed by atoms with Crippen molar-refractivity contribution < 1.29 is 0 Å². The van der Waals surface area contributed by atoms with Gasteiger partial charge in [-0.15, -0.1) is 0 Å². The van der Waals surface area contributed by atoms with Gasteiger partial charge in [0.25, 0.3) is 0 Å². The van der Waals surface area contributed by atoms with E-state index in [2.05, 4.69) is 32.7 Å². The minimum Gasteiger partial charge on any atom is -0.304 e. The molecule has 1 nitrogen and oxygen atoms in total. The zero-order valence-corrected chi connectivity index (χ0v) is 7.15. The van der Waals surface area contributed by atoms with Gasteiger partial charge >= 0.3 is 0 Å². The Bertz CT molecular complexity index is 61.7. The van der Waals surface area contributed by atoms with Gasteiger partial charge in [-0.25, -0.2) is 0 Å². The molecule has 0 amide bonds. The van der Waals surface area contributed by atoms with Crippen LogP contribution in [0.4, 0.5) is 0 Å². The van der Waals surface area contributed by atoms with Crippen molar-refractivity contribution in [3.05, 3.63) is 0 Å². The van der Waals surface area contributed by atoms with Gasteiger partial charge in [0.2, 0.25) is 0 Å². The van der Waals surface area contributed by atoms with Crippen LogP contribution in [0.25, 0.3) is 0 Å². The SMILES string of the molecule is C.CCCC(C)N(C)CC. The van der Waals surface area contributed by atoms with Crippen molar-refractivity contribution in [3.8, 4) is 0 Å². The molecule has 0 aromatic carbocycles. The average Bonchev–Trinajstić information content (AvgIpc) is 1.87. The lowest BCUT2D eigenvalue weighted by atomic mass is 10.2. The predicted octanol–water partition coefficient (Wildman–Crippen LogP) is 2.76. The van der Waals surface area contributed by atoms with Crippen LogP contribution >= 0.6 is 0 Å². The standard InChI is InChI=1S/C8H19N.CH4/c1-5-7-8(3)9(4)6-2;/h8H,5-7H2,1-4H3;1H4. The molecule has 0 saturated carbocycles. The highest BCUT2D eigenvalue weighted by molar-refractivity contribution is 4.59. The first kappa shape index (κ1) is 12.6. The van der Waals surface area contributed by atoms with Crippen LogP contribution in [0.15, 0.2) is 0 Å². The third-order valence-corrected chi connectivity index (χ3v) is 1.96. The summed E-state index contributed by atoms with van der Waals surface area (Å²) in [6, 6.07) is 0.764. The second-order valence-corrected chi connectivity index (χ2v) is 2.71. The molecular formula is C9H23N. The Hall–Kier alpha value is -0.0400. The highest BCUT2D eigenvalue weighted by Crippen LogP contribution is 2.01. The number of rotatable bonds is 4. The van der Waals surface area contributed by atoms with Crippen LogP contribution in [-0.4, -0.2) is 24.5 Å². The van der Waals surface area contributed by atoms with Crippen LogP contribution in [0.3, 0.4) is 0 Å². The van der Waals surface area contributed by atoms with Gasteiger partial charge in [0, 0.05) is 6.04 Å². The largest absolute Gasteiger partial charge is 0.304 e. The summed E-state index contributed by atoms with van der Waals surface area (Å²) in [6.07, 6.45) is 2.62. The lowest BCUT2D eigenvalue weighted by Crippen LogP contribution is -2.28. The Balaban J connectivity index is 0. The molecule has 0 aliphatic rings. The second kappa shape index (κ2) is 7.07. The smallest absolute Gasteiger partial charge is 0.00636 e. The molecule has 0 fully saturated rings. The van der Waals surface area contributed by atoms with Crippen LogP contribution in [0.2, 0.25) is 0 Å². The molecule has 0 aromatic heterocycles. The van der Waals surface area contributed by atoms with Gasteiger partial charge in [-0.1, -0.05) is 27.7 Å². The van der Waals surface area contributed by atoms with E-state index in [1.54, 1.807) is 0 Å². The molecule has 0 aliphatic heterocycles. The topological polar surface area (TPSA) is 3.24 Å². The first-order valence-electron chi connectivity index (χ1n) is 3.92. The molecule has 1 atom stereocenters. The quantitative estimate of drug-likeness (QED) is 0.588. The third kappa shape index (κ3) is 4.80. The van der Waals surface area contributed by atoms with Crippen LogP contribution in [0, 0.1) is 0 Å². The highest BCUT2D eigenvalue weighted by atomic mass is 15.1. The summed E-state index contributed by atoms with van der Waals surface area (Å²) in [5.74, 6) is 0. The molecule has 10 heavy (non-hydrogen) atoms. The van der Waals surface area contributed by atoms with Crippen molar-refractivity contribution in [3.63, 3.8) is 0 Å². The van der Waals surface area contributed by atoms with Gasteiger partial charge in [0.15, 0.2) is 0 Å². The minimum absolute atomic E-state index is 0. The summed E-state index contributed by atoms with van der Waals surface area (Å²) in [7, 11) is 2.18. The zero-order valence-electron chi connectivity index (χ0n) is 7.15. The normalized spacial score (nSPS) is 12.9. The zero-order chi connectivity index (χ0) is 7.28. The van der Waals surface area contributed by atoms with E-state index in [0.717, 1.165) is 6.04 Å². The first-order valence-corrected chi connectivity index (χ1v) is 3.92. The van der Waals surface area contributed by atoms with Gasteiger partial charge in [-0.05, 0) is 26.9 Å². The molecule has 0 aliphatic carbocycles. The molecular weight excluding hydrogens is 122 g/mol. The van der Waals surface area contributed by atoms with Crippen molar-refractivity contribution in [2.45, 2.75) is 47.1 Å². The van der Waals surface area contributed by atoms with Crippen molar-refractivity contribution in [2.24, 2.45) is 0 Å². The van der Waals surface area contributed by atoms with Crippen LogP contribution < -0.4 is 0 Å². The van der Waals surface area contributed by atoms with Gasteiger partial charge in [-0.2, -0.15) is 0 Å². The van der Waals surface area contributed by atoms with Crippen LogP contribution in [0.5, 0.6) is 0 Å². The number of hydrogen-bond donors (Lipinski definition) is 0. The number of nitrogens with zero attached hydrogens (tertiary/aromatic N) is 1. The van der Waals surface area contributed by atoms with Crippen LogP contribution in [0.1, 0.15) is 41.0 Å². The molecule has 1 heteroatoms. The van der Waals surface area contributed by atoms with E-state index in [0.29, 0.717) is 0 Å². The van der Waals surface area contributed by atoms with Crippen molar-refractivity contribution in [2.75, 3.05) is 13.6 Å². The maximum atomic E-state index is 2.38. The summed E-state index contributed by atoms with van der Waals surface area (Å²) in [4.78, 5) is 2.38. The molecule has 0 radical (unpaired) electrons. The van der Waals surface area contributed by atoms with E-state index in [1.165, 1.54) is 19.4 Å². The molecule has 64 valence electrons. The van der Waals surface area contributed by atoms with Gasteiger partial charge < -0.3 is 4.90 Å². The predicted molar refractivity (Wildman–Crippen MR) is 49.4 cm³/mol. The third-order valence-electron chi connectivity index (χ3n) is 1.96. The molecule has 1 unspecified atom stereocenters. The lowest BCUT2D eigenvalue weighted by Gasteiger charge is -2.21.